The molecule has 0 saturated carbocycles. The van der Waals surface area contributed by atoms with E-state index in [9.17, 15) is 8.42 Å². The molecule has 12 heteroatoms. The van der Waals surface area contributed by atoms with Gasteiger partial charge in [0.05, 0.1) is 21.5 Å². The highest BCUT2D eigenvalue weighted by atomic mass is 32.2. The molecule has 2 aromatic heterocycles. The Labute approximate surface area is 227 Å². The summed E-state index contributed by atoms with van der Waals surface area (Å²) in [4.78, 5) is 9.40. The van der Waals surface area contributed by atoms with E-state index >= 15 is 0 Å². The summed E-state index contributed by atoms with van der Waals surface area (Å²) in [7, 11) is -4.83. The zero-order valence-corrected chi connectivity index (χ0v) is 23.2. The molecular formula is C27H29BN4O6S. The first-order valence-electron chi connectivity index (χ1n) is 12.7. The van der Waals surface area contributed by atoms with Gasteiger partial charge in [-0.25, -0.2) is 22.4 Å². The molecule has 2 aliphatic rings. The molecule has 6 rings (SSSR count). The van der Waals surface area contributed by atoms with Crippen LogP contribution in [0.15, 0.2) is 59.6 Å². The minimum absolute atomic E-state index is 0.144. The number of hydrogen-bond donors (Lipinski definition) is 1. The Morgan fingerprint density at radius 3 is 2.41 bits per heavy atom. The Morgan fingerprint density at radius 1 is 0.974 bits per heavy atom. The van der Waals surface area contributed by atoms with Crippen molar-refractivity contribution in [3.63, 3.8) is 0 Å². The summed E-state index contributed by atoms with van der Waals surface area (Å²) >= 11 is 0. The molecule has 2 aromatic carbocycles. The summed E-state index contributed by atoms with van der Waals surface area (Å²) in [6, 6.07) is 13.9. The predicted octanol–water partition coefficient (Wildman–Crippen LogP) is 3.62. The average Bonchev–Trinajstić information content (AvgIpc) is 3.57. The van der Waals surface area contributed by atoms with Crippen molar-refractivity contribution in [2.24, 2.45) is 0 Å². The van der Waals surface area contributed by atoms with Gasteiger partial charge in [0.1, 0.15) is 11.6 Å². The monoisotopic (exact) mass is 548 g/mol. The van der Waals surface area contributed by atoms with Gasteiger partial charge in [-0.3, -0.25) is 0 Å². The van der Waals surface area contributed by atoms with Crippen molar-refractivity contribution < 1.29 is 27.2 Å². The number of hydrogen-bond acceptors (Lipinski definition) is 9. The van der Waals surface area contributed by atoms with E-state index in [1.807, 2.05) is 45.9 Å². The van der Waals surface area contributed by atoms with Crippen LogP contribution < -0.4 is 20.3 Å². The van der Waals surface area contributed by atoms with Crippen molar-refractivity contribution in [3.05, 3.63) is 66.1 Å². The SMILES string of the molecule is Cc1nc(NCc2cccc3c2OCO3)c2c(B3OC(C)(C)C(C)(C)O3)cn(S(=O)(=O)c3ccccc3)c2n1. The molecule has 0 atom stereocenters. The normalized spacial score (nSPS) is 17.6. The maximum Gasteiger partial charge on any atom is 0.497 e. The van der Waals surface area contributed by atoms with Crippen LogP contribution in [0.5, 0.6) is 11.5 Å². The highest BCUT2D eigenvalue weighted by molar-refractivity contribution is 7.90. The zero-order chi connectivity index (χ0) is 27.6. The van der Waals surface area contributed by atoms with Crippen LogP contribution in [0.4, 0.5) is 5.82 Å². The summed E-state index contributed by atoms with van der Waals surface area (Å²) in [5.41, 5.74) is 0.361. The minimum Gasteiger partial charge on any atom is -0.454 e. The van der Waals surface area contributed by atoms with E-state index in [1.54, 1.807) is 37.3 Å². The topological polar surface area (TPSA) is 114 Å². The predicted molar refractivity (Wildman–Crippen MR) is 147 cm³/mol. The number of aryl methyl sites for hydroxylation is 1. The van der Waals surface area contributed by atoms with Gasteiger partial charge in [0.25, 0.3) is 10.0 Å². The molecule has 10 nitrogen and oxygen atoms in total. The third-order valence-electron chi connectivity index (χ3n) is 7.49. The summed E-state index contributed by atoms with van der Waals surface area (Å²) in [6.07, 6.45) is 1.53. The number of ether oxygens (including phenoxy) is 2. The van der Waals surface area contributed by atoms with E-state index in [1.165, 1.54) is 10.2 Å². The lowest BCUT2D eigenvalue weighted by Crippen LogP contribution is -2.41. The van der Waals surface area contributed by atoms with Gasteiger partial charge in [-0.15, -0.1) is 0 Å². The van der Waals surface area contributed by atoms with Gasteiger partial charge in [0.2, 0.25) is 6.79 Å². The van der Waals surface area contributed by atoms with Crippen LogP contribution in [0.25, 0.3) is 11.0 Å². The number of rotatable bonds is 6. The first-order valence-corrected chi connectivity index (χ1v) is 14.1. The first-order chi connectivity index (χ1) is 18.5. The lowest BCUT2D eigenvalue weighted by molar-refractivity contribution is 0.00578. The minimum atomic E-state index is -3.99. The number of fused-ring (bicyclic) bond motifs is 2. The van der Waals surface area contributed by atoms with Crippen LogP contribution in [0, 0.1) is 6.92 Å². The van der Waals surface area contributed by atoms with E-state index in [0.29, 0.717) is 40.5 Å². The van der Waals surface area contributed by atoms with Gasteiger partial charge >= 0.3 is 7.12 Å². The fraction of sp³-hybridized carbons (Fsp3) is 0.333. The smallest absolute Gasteiger partial charge is 0.454 e. The van der Waals surface area contributed by atoms with Crippen molar-refractivity contribution >= 4 is 39.5 Å². The number of nitrogens with zero attached hydrogens (tertiary/aromatic N) is 3. The van der Waals surface area contributed by atoms with E-state index in [2.05, 4.69) is 15.3 Å². The van der Waals surface area contributed by atoms with Gasteiger partial charge < -0.3 is 24.1 Å². The second-order valence-electron chi connectivity index (χ2n) is 10.6. The van der Waals surface area contributed by atoms with Gasteiger partial charge in [-0.2, -0.15) is 0 Å². The van der Waals surface area contributed by atoms with Crippen LogP contribution in [0.1, 0.15) is 39.1 Å². The van der Waals surface area contributed by atoms with Crippen LogP contribution in [-0.4, -0.2) is 47.5 Å². The Morgan fingerprint density at radius 2 is 1.69 bits per heavy atom. The molecule has 1 saturated heterocycles. The molecular weight excluding hydrogens is 519 g/mol. The zero-order valence-electron chi connectivity index (χ0n) is 22.4. The molecule has 0 spiro atoms. The second kappa shape index (κ2) is 8.97. The first kappa shape index (κ1) is 25.7. The molecule has 2 aliphatic heterocycles. The van der Waals surface area contributed by atoms with Crippen LogP contribution >= 0.6 is 0 Å². The number of nitrogens with one attached hydrogen (secondary N) is 1. The standard InChI is InChI=1S/C27H29BN4O6S/c1-17-30-24(29-14-18-10-9-13-21-23(18)36-16-35-21)22-20(28-37-26(2,3)27(4,5)38-28)15-32(25(22)31-17)39(33,34)19-11-7-6-8-12-19/h6-13,15H,14,16H2,1-5H3,(H,29,30,31). The molecule has 0 bridgehead atoms. The Kier molecular flexibility index (Phi) is 5.90. The molecule has 0 amide bonds. The van der Waals surface area contributed by atoms with Gasteiger partial charge in [0.15, 0.2) is 17.1 Å². The van der Waals surface area contributed by atoms with E-state index in [4.69, 9.17) is 18.8 Å². The number of aromatic nitrogens is 3. The van der Waals surface area contributed by atoms with Crippen molar-refractivity contribution in [2.75, 3.05) is 12.1 Å². The Hall–Kier alpha value is -3.61. The quantitative estimate of drug-likeness (QED) is 0.361. The van der Waals surface area contributed by atoms with E-state index in [0.717, 1.165) is 5.56 Å². The molecule has 0 unspecified atom stereocenters. The third-order valence-corrected chi connectivity index (χ3v) is 9.15. The van der Waals surface area contributed by atoms with Gasteiger partial charge in [-0.05, 0) is 52.8 Å². The summed E-state index contributed by atoms with van der Waals surface area (Å²) in [5, 5.41) is 3.88. The van der Waals surface area contributed by atoms with Crippen LogP contribution in [-0.2, 0) is 25.9 Å². The molecule has 0 radical (unpaired) electrons. The fourth-order valence-electron chi connectivity index (χ4n) is 4.71. The lowest BCUT2D eigenvalue weighted by Gasteiger charge is -2.32. The maximum absolute atomic E-state index is 13.8. The van der Waals surface area contributed by atoms with Gasteiger partial charge in [0, 0.05) is 23.8 Å². The summed E-state index contributed by atoms with van der Waals surface area (Å²) in [6.45, 7) is 10.0. The Bertz CT molecular complexity index is 1670. The summed E-state index contributed by atoms with van der Waals surface area (Å²) < 4.78 is 52.7. The molecule has 0 aliphatic carbocycles. The van der Waals surface area contributed by atoms with Crippen molar-refractivity contribution in [1.82, 2.24) is 13.9 Å². The second-order valence-corrected chi connectivity index (χ2v) is 12.4. The molecule has 4 heterocycles. The number of benzene rings is 2. The molecule has 1 N–H and O–H groups in total. The van der Waals surface area contributed by atoms with Crippen molar-refractivity contribution in [1.29, 1.82) is 0 Å². The van der Waals surface area contributed by atoms with Gasteiger partial charge in [-0.1, -0.05) is 30.3 Å². The largest absolute Gasteiger partial charge is 0.497 e. The highest BCUT2D eigenvalue weighted by Crippen LogP contribution is 2.39. The van der Waals surface area contributed by atoms with Crippen molar-refractivity contribution in [2.45, 2.75) is 57.3 Å². The highest BCUT2D eigenvalue weighted by Gasteiger charge is 2.53. The number of para-hydroxylation sites is 1. The van der Waals surface area contributed by atoms with Crippen molar-refractivity contribution in [3.8, 4) is 11.5 Å². The van der Waals surface area contributed by atoms with E-state index < -0.39 is 28.3 Å². The van der Waals surface area contributed by atoms with Crippen LogP contribution in [0.2, 0.25) is 0 Å². The maximum atomic E-state index is 13.8. The molecule has 1 fully saturated rings. The molecule has 39 heavy (non-hydrogen) atoms. The average molecular weight is 548 g/mol. The molecule has 202 valence electrons. The van der Waals surface area contributed by atoms with Crippen LogP contribution in [0.3, 0.4) is 0 Å². The third kappa shape index (κ3) is 4.23. The number of anilines is 1. The lowest BCUT2D eigenvalue weighted by atomic mass is 9.79. The molecule has 4 aromatic rings. The summed E-state index contributed by atoms with van der Waals surface area (Å²) in [5.74, 6) is 2.21. The fourth-order valence-corrected chi connectivity index (χ4v) is 6.05. The Balaban J connectivity index is 1.51. The van der Waals surface area contributed by atoms with E-state index in [-0.39, 0.29) is 17.3 Å².